The minimum Gasteiger partial charge on any atom is -0.265 e. The van der Waals surface area contributed by atoms with Crippen LogP contribution in [-0.4, -0.2) is 9.97 Å². The van der Waals surface area contributed by atoms with Crippen molar-refractivity contribution in [2.75, 3.05) is 0 Å². The summed E-state index contributed by atoms with van der Waals surface area (Å²) in [5, 5.41) is 2.45. The topological polar surface area (TPSA) is 25.8 Å². The molecule has 8 aromatic rings. The quantitative estimate of drug-likeness (QED) is 0.134. The van der Waals surface area contributed by atoms with Gasteiger partial charge in [-0.05, 0) is 114 Å². The summed E-state index contributed by atoms with van der Waals surface area (Å²) in [7, 11) is 0. The van der Waals surface area contributed by atoms with Gasteiger partial charge >= 0.3 is 0 Å². The van der Waals surface area contributed by atoms with E-state index in [0.29, 0.717) is 0 Å². The average molecular weight is 691 g/mol. The van der Waals surface area contributed by atoms with Crippen LogP contribution in [-0.2, 0) is 0 Å². The summed E-state index contributed by atoms with van der Waals surface area (Å²) in [5.41, 5.74) is 13.9. The molecule has 256 valence electrons. The van der Waals surface area contributed by atoms with Crippen LogP contribution in [0.4, 0.5) is 0 Å². The molecule has 0 N–H and O–H groups in total. The maximum atomic E-state index is 4.22. The monoisotopic (exact) mass is 690 g/mol. The Hall–Kier alpha value is -7.16. The predicted molar refractivity (Wildman–Crippen MR) is 230 cm³/mol. The molecule has 0 fully saturated rings. The second-order valence-electron chi connectivity index (χ2n) is 13.1. The SMILES string of the molecule is C(=C/c1cccc2cccc(/C=C\c3ccc(/C=C(/c4ccccc4)c4ccncc4)cc3)c12)/c1ccc(/C=C(/c2ccccc2)c2ccncc2)cc1. The van der Waals surface area contributed by atoms with Crippen LogP contribution in [0.1, 0.15) is 55.6 Å². The van der Waals surface area contributed by atoms with Gasteiger partial charge in [-0.15, -0.1) is 0 Å². The van der Waals surface area contributed by atoms with Gasteiger partial charge in [0.2, 0.25) is 0 Å². The first-order valence-electron chi connectivity index (χ1n) is 18.2. The number of pyridine rings is 2. The lowest BCUT2D eigenvalue weighted by molar-refractivity contribution is 1.32. The van der Waals surface area contributed by atoms with Crippen molar-refractivity contribution in [2.45, 2.75) is 0 Å². The van der Waals surface area contributed by atoms with Gasteiger partial charge in [0, 0.05) is 24.8 Å². The summed E-state index contributed by atoms with van der Waals surface area (Å²) in [6, 6.07) is 59.8. The van der Waals surface area contributed by atoms with Crippen LogP contribution in [0.15, 0.2) is 195 Å². The fourth-order valence-corrected chi connectivity index (χ4v) is 6.75. The molecule has 8 rings (SSSR count). The molecule has 0 aliphatic heterocycles. The van der Waals surface area contributed by atoms with E-state index in [0.717, 1.165) is 33.4 Å². The lowest BCUT2D eigenvalue weighted by Gasteiger charge is -2.09. The molecule has 2 heterocycles. The zero-order chi connectivity index (χ0) is 36.4. The summed E-state index contributed by atoms with van der Waals surface area (Å²) in [6.45, 7) is 0. The van der Waals surface area contributed by atoms with Crippen molar-refractivity contribution in [3.05, 3.63) is 250 Å². The van der Waals surface area contributed by atoms with E-state index >= 15 is 0 Å². The summed E-state index contributed by atoms with van der Waals surface area (Å²) in [6.07, 6.45) is 20.7. The lowest BCUT2D eigenvalue weighted by Crippen LogP contribution is -1.89. The van der Waals surface area contributed by atoms with Gasteiger partial charge in [0.1, 0.15) is 0 Å². The molecular weight excluding hydrogens is 653 g/mol. The van der Waals surface area contributed by atoms with Crippen molar-refractivity contribution in [1.29, 1.82) is 0 Å². The third-order valence-corrected chi connectivity index (χ3v) is 9.53. The summed E-state index contributed by atoms with van der Waals surface area (Å²) >= 11 is 0. The summed E-state index contributed by atoms with van der Waals surface area (Å²) < 4.78 is 0. The van der Waals surface area contributed by atoms with E-state index in [-0.39, 0.29) is 0 Å². The van der Waals surface area contributed by atoms with Crippen molar-refractivity contribution in [1.82, 2.24) is 9.97 Å². The van der Waals surface area contributed by atoms with Crippen molar-refractivity contribution >= 4 is 58.4 Å². The number of benzene rings is 6. The highest BCUT2D eigenvalue weighted by atomic mass is 14.6. The first kappa shape index (κ1) is 34.0. The van der Waals surface area contributed by atoms with Gasteiger partial charge in [-0.3, -0.25) is 9.97 Å². The van der Waals surface area contributed by atoms with E-state index in [1.165, 1.54) is 44.2 Å². The zero-order valence-electron chi connectivity index (χ0n) is 29.8. The molecule has 0 unspecified atom stereocenters. The fraction of sp³-hybridized carbons (Fsp3) is 0. The molecular formula is C52H38N2. The van der Waals surface area contributed by atoms with Crippen molar-refractivity contribution < 1.29 is 0 Å². The van der Waals surface area contributed by atoms with Crippen LogP contribution < -0.4 is 0 Å². The molecule has 0 radical (unpaired) electrons. The number of hydrogen-bond acceptors (Lipinski definition) is 2. The number of nitrogens with zero attached hydrogens (tertiary/aromatic N) is 2. The van der Waals surface area contributed by atoms with Gasteiger partial charge in [-0.2, -0.15) is 0 Å². The number of rotatable bonds is 10. The minimum absolute atomic E-state index is 1.14. The Morgan fingerprint density at radius 2 is 0.685 bits per heavy atom. The van der Waals surface area contributed by atoms with E-state index in [2.05, 4.69) is 216 Å². The fourth-order valence-electron chi connectivity index (χ4n) is 6.75. The smallest absolute Gasteiger partial charge is 0.0273 e. The third kappa shape index (κ3) is 8.15. The second-order valence-corrected chi connectivity index (χ2v) is 13.1. The molecule has 2 heteroatoms. The van der Waals surface area contributed by atoms with Crippen LogP contribution in [0.25, 0.3) is 58.4 Å². The Bertz CT molecular complexity index is 2320. The van der Waals surface area contributed by atoms with E-state index in [4.69, 9.17) is 0 Å². The summed E-state index contributed by atoms with van der Waals surface area (Å²) in [5.74, 6) is 0. The van der Waals surface area contributed by atoms with Crippen molar-refractivity contribution in [2.24, 2.45) is 0 Å². The van der Waals surface area contributed by atoms with Crippen molar-refractivity contribution in [3.8, 4) is 0 Å². The molecule has 0 saturated carbocycles. The Morgan fingerprint density at radius 1 is 0.315 bits per heavy atom. The standard InChI is InChI=1S/C52H38N2/c1-3-9-43(10-4-1)50(45-29-33-53-34-30-45)37-41-21-17-39(18-22-41)25-27-48-15-7-13-47-14-8-16-49(52(47)48)28-26-40-19-23-42(24-20-40)38-51(44-11-5-2-6-12-44)46-31-35-54-36-32-46/h1-38H/b27-25-,28-26-,50-37-,51-38-. The maximum Gasteiger partial charge on any atom is 0.0273 e. The number of fused-ring (bicyclic) bond motifs is 1. The third-order valence-electron chi connectivity index (χ3n) is 9.53. The van der Waals surface area contributed by atoms with Gasteiger partial charge in [0.25, 0.3) is 0 Å². The molecule has 0 aliphatic rings. The molecule has 0 amide bonds. The zero-order valence-corrected chi connectivity index (χ0v) is 29.8. The first-order chi connectivity index (χ1) is 26.8. The molecule has 0 atom stereocenters. The Balaban J connectivity index is 1.03. The minimum atomic E-state index is 1.14. The largest absolute Gasteiger partial charge is 0.265 e. The van der Waals surface area contributed by atoms with Gasteiger partial charge in [-0.25, -0.2) is 0 Å². The molecule has 0 bridgehead atoms. The van der Waals surface area contributed by atoms with Crippen LogP contribution in [0, 0.1) is 0 Å². The van der Waals surface area contributed by atoms with Gasteiger partial charge in [0.15, 0.2) is 0 Å². The van der Waals surface area contributed by atoms with Crippen LogP contribution >= 0.6 is 0 Å². The van der Waals surface area contributed by atoms with Crippen molar-refractivity contribution in [3.63, 3.8) is 0 Å². The molecule has 0 spiro atoms. The van der Waals surface area contributed by atoms with Gasteiger partial charge in [-0.1, -0.05) is 170 Å². The van der Waals surface area contributed by atoms with Gasteiger partial charge < -0.3 is 0 Å². The molecule has 2 nitrogen and oxygen atoms in total. The number of hydrogen-bond donors (Lipinski definition) is 0. The molecule has 0 saturated heterocycles. The summed E-state index contributed by atoms with van der Waals surface area (Å²) in [4.78, 5) is 8.44. The molecule has 6 aromatic carbocycles. The lowest BCUT2D eigenvalue weighted by atomic mass is 9.95. The average Bonchev–Trinajstić information content (AvgIpc) is 3.25. The van der Waals surface area contributed by atoms with E-state index < -0.39 is 0 Å². The van der Waals surface area contributed by atoms with Crippen LogP contribution in [0.3, 0.4) is 0 Å². The normalized spacial score (nSPS) is 12.1. The highest BCUT2D eigenvalue weighted by Crippen LogP contribution is 2.29. The van der Waals surface area contributed by atoms with E-state index in [9.17, 15) is 0 Å². The predicted octanol–water partition coefficient (Wildman–Crippen LogP) is 13.1. The molecule has 2 aromatic heterocycles. The maximum absolute atomic E-state index is 4.22. The Labute approximate surface area is 317 Å². The highest BCUT2D eigenvalue weighted by Gasteiger charge is 2.07. The van der Waals surface area contributed by atoms with E-state index in [1.807, 2.05) is 24.8 Å². The highest BCUT2D eigenvalue weighted by molar-refractivity contribution is 6.00. The first-order valence-corrected chi connectivity index (χ1v) is 18.2. The number of aromatic nitrogens is 2. The Morgan fingerprint density at radius 3 is 1.09 bits per heavy atom. The second kappa shape index (κ2) is 16.5. The molecule has 54 heavy (non-hydrogen) atoms. The van der Waals surface area contributed by atoms with Crippen LogP contribution in [0.5, 0.6) is 0 Å². The molecule has 0 aliphatic carbocycles. The van der Waals surface area contributed by atoms with Gasteiger partial charge in [0.05, 0.1) is 0 Å². The van der Waals surface area contributed by atoms with E-state index in [1.54, 1.807) is 0 Å². The Kier molecular flexibility index (Phi) is 10.3. The van der Waals surface area contributed by atoms with Crippen LogP contribution in [0.2, 0.25) is 0 Å².